The number of esters is 1. The summed E-state index contributed by atoms with van der Waals surface area (Å²) in [6.45, 7) is 13.7. The lowest BCUT2D eigenvalue weighted by Gasteiger charge is -2.66. The number of aliphatic hydroxyl groups is 2. The molecule has 0 amide bonds. The predicted molar refractivity (Wildman–Crippen MR) is 98.2 cm³/mol. The first-order valence-electron chi connectivity index (χ1n) is 9.80. The molecule has 1 saturated heterocycles. The van der Waals surface area contributed by atoms with E-state index in [4.69, 9.17) is 9.47 Å². The van der Waals surface area contributed by atoms with E-state index < -0.39 is 17.5 Å². The fraction of sp³-hybridized carbons (Fsp3) is 0.857. The fourth-order valence-electron chi connectivity index (χ4n) is 6.24. The van der Waals surface area contributed by atoms with E-state index in [9.17, 15) is 15.0 Å². The number of aliphatic hydroxyl groups excluding tert-OH is 1. The van der Waals surface area contributed by atoms with Gasteiger partial charge in [-0.3, -0.25) is 4.79 Å². The van der Waals surface area contributed by atoms with Crippen LogP contribution < -0.4 is 0 Å². The number of carbonyl (C=O) groups is 1. The number of hydrogen-bond acceptors (Lipinski definition) is 5. The molecular formula is C21H34O5. The van der Waals surface area contributed by atoms with E-state index in [1.54, 1.807) is 6.08 Å². The molecule has 2 aliphatic carbocycles. The lowest BCUT2D eigenvalue weighted by Crippen LogP contribution is -2.70. The molecule has 0 aromatic rings. The molecule has 0 aromatic heterocycles. The number of hydrogen-bond donors (Lipinski definition) is 2. The first kappa shape index (κ1) is 19.8. The third-order valence-corrected chi connectivity index (χ3v) is 7.77. The Morgan fingerprint density at radius 3 is 2.42 bits per heavy atom. The van der Waals surface area contributed by atoms with Crippen LogP contribution in [0.4, 0.5) is 0 Å². The van der Waals surface area contributed by atoms with Crippen LogP contribution in [0.3, 0.4) is 0 Å². The zero-order valence-corrected chi connectivity index (χ0v) is 16.7. The number of carbonyl (C=O) groups excluding carboxylic acids is 1. The van der Waals surface area contributed by atoms with Gasteiger partial charge in [0, 0.05) is 18.3 Å². The summed E-state index contributed by atoms with van der Waals surface area (Å²) in [6, 6.07) is 0. The molecule has 1 heterocycles. The van der Waals surface area contributed by atoms with E-state index in [0.29, 0.717) is 6.42 Å². The van der Waals surface area contributed by atoms with E-state index in [2.05, 4.69) is 27.4 Å². The summed E-state index contributed by atoms with van der Waals surface area (Å²) in [5.74, 6) is -1.85. The Bertz CT molecular complexity index is 601. The molecule has 0 spiro atoms. The topological polar surface area (TPSA) is 76.0 Å². The maximum absolute atomic E-state index is 11.5. The van der Waals surface area contributed by atoms with Crippen molar-refractivity contribution in [3.05, 3.63) is 12.7 Å². The quantitative estimate of drug-likeness (QED) is 0.580. The van der Waals surface area contributed by atoms with Crippen molar-refractivity contribution in [1.29, 1.82) is 0 Å². The predicted octanol–water partition coefficient (Wildman–Crippen LogP) is 3.19. The molecule has 3 rings (SSSR count). The van der Waals surface area contributed by atoms with Crippen molar-refractivity contribution in [2.75, 3.05) is 0 Å². The van der Waals surface area contributed by atoms with E-state index in [1.807, 2.05) is 6.92 Å². The summed E-state index contributed by atoms with van der Waals surface area (Å²) < 4.78 is 11.7. The third kappa shape index (κ3) is 2.74. The van der Waals surface area contributed by atoms with Crippen molar-refractivity contribution < 1.29 is 24.5 Å². The van der Waals surface area contributed by atoms with Gasteiger partial charge in [0.05, 0.1) is 5.60 Å². The normalized spacial score (nSPS) is 50.3. The molecule has 3 aliphatic rings. The summed E-state index contributed by atoms with van der Waals surface area (Å²) in [6.07, 6.45) is 4.17. The SMILES string of the molecule is C=C[C@@]1(C)CC[C@H]2[C@](O)(O1)[C@@H](O)CC1C(C)(C)[C@@H](OC(C)=O)CC[C@@]12C. The summed E-state index contributed by atoms with van der Waals surface area (Å²) in [5.41, 5.74) is -1.09. The van der Waals surface area contributed by atoms with Crippen molar-refractivity contribution in [1.82, 2.24) is 0 Å². The molecule has 2 N–H and O–H groups in total. The van der Waals surface area contributed by atoms with Gasteiger partial charge in [0.25, 0.3) is 0 Å². The standard InChI is InChI=1S/C21H34O5/c1-7-19(5)10-8-14-20(6)11-9-17(25-13(2)22)18(3,4)15(20)12-16(23)21(14,24)26-19/h7,14-17,23-24H,1,8-12H2,2-6H3/t14-,15?,16+,17+,19+,20-,21+/m1/s1. The van der Waals surface area contributed by atoms with Gasteiger partial charge in [-0.25, -0.2) is 0 Å². The lowest BCUT2D eigenvalue weighted by molar-refractivity contribution is -0.384. The Hall–Kier alpha value is -0.910. The first-order valence-corrected chi connectivity index (χ1v) is 9.80. The van der Waals surface area contributed by atoms with Crippen molar-refractivity contribution in [2.45, 2.75) is 90.3 Å². The Kier molecular flexibility index (Phi) is 4.61. The smallest absolute Gasteiger partial charge is 0.302 e. The Morgan fingerprint density at radius 1 is 1.19 bits per heavy atom. The van der Waals surface area contributed by atoms with E-state index in [1.165, 1.54) is 6.92 Å². The number of ether oxygens (including phenoxy) is 2. The van der Waals surface area contributed by atoms with Crippen LogP contribution >= 0.6 is 0 Å². The average molecular weight is 366 g/mol. The second kappa shape index (κ2) is 6.05. The molecule has 1 aliphatic heterocycles. The summed E-state index contributed by atoms with van der Waals surface area (Å²) in [5, 5.41) is 22.3. The molecule has 3 fully saturated rings. The van der Waals surface area contributed by atoms with Gasteiger partial charge in [-0.2, -0.15) is 0 Å². The molecule has 5 heteroatoms. The van der Waals surface area contributed by atoms with Gasteiger partial charge in [-0.05, 0) is 50.4 Å². The van der Waals surface area contributed by atoms with Gasteiger partial charge < -0.3 is 19.7 Å². The third-order valence-electron chi connectivity index (χ3n) is 7.77. The Morgan fingerprint density at radius 2 is 1.85 bits per heavy atom. The molecule has 5 nitrogen and oxygen atoms in total. The van der Waals surface area contributed by atoms with Crippen LogP contribution in [-0.4, -0.2) is 39.8 Å². The summed E-state index contributed by atoms with van der Waals surface area (Å²) in [7, 11) is 0. The van der Waals surface area contributed by atoms with Crippen molar-refractivity contribution in [3.8, 4) is 0 Å². The minimum absolute atomic E-state index is 0.130. The lowest BCUT2D eigenvalue weighted by atomic mass is 9.44. The van der Waals surface area contributed by atoms with Crippen LogP contribution in [-0.2, 0) is 14.3 Å². The average Bonchev–Trinajstić information content (AvgIpc) is 2.53. The van der Waals surface area contributed by atoms with Crippen LogP contribution in [0.2, 0.25) is 0 Å². The van der Waals surface area contributed by atoms with Crippen LogP contribution in [0.25, 0.3) is 0 Å². The molecule has 7 atom stereocenters. The number of fused-ring (bicyclic) bond motifs is 3. The highest BCUT2D eigenvalue weighted by molar-refractivity contribution is 5.66. The zero-order chi connectivity index (χ0) is 19.5. The van der Waals surface area contributed by atoms with Gasteiger partial charge in [0.15, 0.2) is 5.79 Å². The summed E-state index contributed by atoms with van der Waals surface area (Å²) >= 11 is 0. The molecule has 148 valence electrons. The van der Waals surface area contributed by atoms with Crippen LogP contribution in [0, 0.1) is 22.7 Å². The van der Waals surface area contributed by atoms with Gasteiger partial charge in [0.2, 0.25) is 0 Å². The van der Waals surface area contributed by atoms with E-state index in [-0.39, 0.29) is 34.7 Å². The minimum Gasteiger partial charge on any atom is -0.462 e. The van der Waals surface area contributed by atoms with Gasteiger partial charge in [0.1, 0.15) is 12.2 Å². The molecule has 0 bridgehead atoms. The van der Waals surface area contributed by atoms with Crippen molar-refractivity contribution in [2.24, 2.45) is 22.7 Å². The second-order valence-corrected chi connectivity index (χ2v) is 9.73. The van der Waals surface area contributed by atoms with Crippen LogP contribution in [0.5, 0.6) is 0 Å². The van der Waals surface area contributed by atoms with Crippen molar-refractivity contribution >= 4 is 5.97 Å². The highest BCUT2D eigenvalue weighted by Gasteiger charge is 2.67. The Labute approximate surface area is 156 Å². The first-order chi connectivity index (χ1) is 11.9. The summed E-state index contributed by atoms with van der Waals surface area (Å²) in [4.78, 5) is 11.5. The minimum atomic E-state index is -1.56. The Balaban J connectivity index is 1.97. The van der Waals surface area contributed by atoms with Gasteiger partial charge >= 0.3 is 5.97 Å². The number of rotatable bonds is 2. The fourth-order valence-corrected chi connectivity index (χ4v) is 6.24. The van der Waals surface area contributed by atoms with Crippen LogP contribution in [0.15, 0.2) is 12.7 Å². The van der Waals surface area contributed by atoms with Crippen molar-refractivity contribution in [3.63, 3.8) is 0 Å². The van der Waals surface area contributed by atoms with E-state index >= 15 is 0 Å². The van der Waals surface area contributed by atoms with E-state index in [0.717, 1.165) is 25.7 Å². The van der Waals surface area contributed by atoms with Gasteiger partial charge in [-0.1, -0.05) is 26.8 Å². The highest BCUT2D eigenvalue weighted by Crippen LogP contribution is 2.65. The molecule has 1 unspecified atom stereocenters. The maximum atomic E-state index is 11.5. The molecule has 2 saturated carbocycles. The maximum Gasteiger partial charge on any atom is 0.302 e. The molecule has 26 heavy (non-hydrogen) atoms. The van der Waals surface area contributed by atoms with Crippen LogP contribution in [0.1, 0.15) is 66.7 Å². The highest BCUT2D eigenvalue weighted by atomic mass is 16.7. The molecule has 0 radical (unpaired) electrons. The van der Waals surface area contributed by atoms with Gasteiger partial charge in [-0.15, -0.1) is 6.58 Å². The largest absolute Gasteiger partial charge is 0.462 e. The second-order valence-electron chi connectivity index (χ2n) is 9.73. The monoisotopic (exact) mass is 366 g/mol. The zero-order valence-electron chi connectivity index (χ0n) is 16.7. The molecular weight excluding hydrogens is 332 g/mol. The molecule has 0 aromatic carbocycles.